The van der Waals surface area contributed by atoms with Gasteiger partial charge < -0.3 is 15.0 Å². The molecule has 2 N–H and O–H groups in total. The predicted molar refractivity (Wildman–Crippen MR) is 115 cm³/mol. The molecule has 1 heterocycles. The average Bonchev–Trinajstić information content (AvgIpc) is 2.97. The van der Waals surface area contributed by atoms with Crippen LogP contribution in [0.2, 0.25) is 5.02 Å². The largest absolute Gasteiger partial charge is 0.390 e. The molecule has 2 aromatic rings. The highest BCUT2D eigenvalue weighted by Crippen LogP contribution is 2.55. The summed E-state index contributed by atoms with van der Waals surface area (Å²) in [5, 5.41) is 14.6. The molecule has 4 aliphatic carbocycles. The standard InChI is InChI=1S/C24H27ClN2O3/c1-13-7-19(22(28)15-3-5-18(25)6-4-15)27(2)21(13)23(29)26-20-16-8-14-9-17(20)12-24(30,10-14)11-16/h3-7,14,16-17,20,30H,8-12H2,1-2H3,(H,26,29). The highest BCUT2D eigenvalue weighted by atomic mass is 35.5. The number of aromatic nitrogens is 1. The van der Waals surface area contributed by atoms with E-state index in [0.29, 0.717) is 39.7 Å². The topological polar surface area (TPSA) is 71.3 Å². The molecule has 4 aliphatic rings. The van der Waals surface area contributed by atoms with Gasteiger partial charge in [-0.2, -0.15) is 0 Å². The fraction of sp³-hybridized carbons (Fsp3) is 0.500. The first-order valence-corrected chi connectivity index (χ1v) is 11.1. The van der Waals surface area contributed by atoms with Crippen molar-refractivity contribution in [1.82, 2.24) is 9.88 Å². The van der Waals surface area contributed by atoms with Gasteiger partial charge in [-0.1, -0.05) is 11.6 Å². The average molecular weight is 427 g/mol. The highest BCUT2D eigenvalue weighted by molar-refractivity contribution is 6.30. The van der Waals surface area contributed by atoms with Gasteiger partial charge in [0.05, 0.1) is 11.3 Å². The van der Waals surface area contributed by atoms with Crippen molar-refractivity contribution in [3.05, 3.63) is 57.9 Å². The van der Waals surface area contributed by atoms with Crippen LogP contribution in [0.5, 0.6) is 0 Å². The molecule has 1 aromatic carbocycles. The minimum Gasteiger partial charge on any atom is -0.390 e. The summed E-state index contributed by atoms with van der Waals surface area (Å²) >= 11 is 5.93. The normalized spacial score (nSPS) is 31.7. The maximum absolute atomic E-state index is 13.3. The third-order valence-corrected chi connectivity index (χ3v) is 7.77. The molecule has 0 saturated heterocycles. The van der Waals surface area contributed by atoms with E-state index in [9.17, 15) is 14.7 Å². The van der Waals surface area contributed by atoms with E-state index in [1.54, 1.807) is 41.9 Å². The van der Waals surface area contributed by atoms with E-state index >= 15 is 0 Å². The van der Waals surface area contributed by atoms with Crippen LogP contribution >= 0.6 is 11.6 Å². The van der Waals surface area contributed by atoms with Gasteiger partial charge in [0.25, 0.3) is 5.91 Å². The fourth-order valence-electron chi connectivity index (χ4n) is 6.49. The van der Waals surface area contributed by atoms with Crippen molar-refractivity contribution in [3.8, 4) is 0 Å². The number of halogens is 1. The first-order chi connectivity index (χ1) is 14.2. The van der Waals surface area contributed by atoms with Crippen LogP contribution in [0.15, 0.2) is 30.3 Å². The molecule has 4 bridgehead atoms. The number of nitrogens with zero attached hydrogens (tertiary/aromatic N) is 1. The van der Waals surface area contributed by atoms with Crippen molar-refractivity contribution in [2.45, 2.75) is 50.7 Å². The highest BCUT2D eigenvalue weighted by Gasteiger charge is 2.55. The Hall–Kier alpha value is -2.11. The summed E-state index contributed by atoms with van der Waals surface area (Å²) in [5.74, 6) is 1.03. The third kappa shape index (κ3) is 3.19. The number of nitrogens with one attached hydrogen (secondary N) is 1. The minimum absolute atomic E-state index is 0.110. The zero-order chi connectivity index (χ0) is 21.2. The molecule has 158 valence electrons. The zero-order valence-corrected chi connectivity index (χ0v) is 18.1. The Kier molecular flexibility index (Phi) is 4.60. The maximum atomic E-state index is 13.3. The molecular weight excluding hydrogens is 400 g/mol. The maximum Gasteiger partial charge on any atom is 0.268 e. The monoisotopic (exact) mass is 426 g/mol. The number of carbonyl (C=O) groups is 2. The Labute approximate surface area is 181 Å². The van der Waals surface area contributed by atoms with E-state index in [4.69, 9.17) is 11.6 Å². The summed E-state index contributed by atoms with van der Waals surface area (Å²) in [7, 11) is 1.77. The van der Waals surface area contributed by atoms with Gasteiger partial charge >= 0.3 is 0 Å². The van der Waals surface area contributed by atoms with Crippen LogP contribution < -0.4 is 5.32 Å². The van der Waals surface area contributed by atoms with Crippen LogP contribution in [0.1, 0.15) is 64.2 Å². The lowest BCUT2D eigenvalue weighted by Crippen LogP contribution is -2.61. The molecule has 1 amide bonds. The number of carbonyl (C=O) groups excluding carboxylic acids is 2. The second kappa shape index (κ2) is 6.96. The molecular formula is C24H27ClN2O3. The lowest BCUT2D eigenvalue weighted by atomic mass is 9.52. The summed E-state index contributed by atoms with van der Waals surface area (Å²) in [6.45, 7) is 1.87. The van der Waals surface area contributed by atoms with E-state index in [-0.39, 0.29) is 17.7 Å². The van der Waals surface area contributed by atoms with Crippen LogP contribution in [-0.2, 0) is 7.05 Å². The number of rotatable bonds is 4. The van der Waals surface area contributed by atoms with Crippen LogP contribution in [0.3, 0.4) is 0 Å². The Balaban J connectivity index is 1.38. The molecule has 0 spiro atoms. The lowest BCUT2D eigenvalue weighted by Gasteiger charge is -2.58. The molecule has 0 aliphatic heterocycles. The first kappa shape index (κ1) is 19.8. The third-order valence-electron chi connectivity index (χ3n) is 7.52. The van der Waals surface area contributed by atoms with Crippen LogP contribution in [0.4, 0.5) is 0 Å². The van der Waals surface area contributed by atoms with E-state index in [1.807, 2.05) is 6.92 Å². The van der Waals surface area contributed by atoms with E-state index < -0.39 is 5.60 Å². The van der Waals surface area contributed by atoms with E-state index in [2.05, 4.69) is 5.32 Å². The van der Waals surface area contributed by atoms with Crippen molar-refractivity contribution in [1.29, 1.82) is 0 Å². The molecule has 30 heavy (non-hydrogen) atoms. The molecule has 0 radical (unpaired) electrons. The van der Waals surface area contributed by atoms with Crippen molar-refractivity contribution < 1.29 is 14.7 Å². The number of amides is 1. The lowest BCUT2D eigenvalue weighted by molar-refractivity contribution is -0.137. The number of ketones is 1. The van der Waals surface area contributed by atoms with Gasteiger partial charge in [-0.25, -0.2) is 0 Å². The molecule has 2 atom stereocenters. The molecule has 4 saturated carbocycles. The fourth-order valence-corrected chi connectivity index (χ4v) is 6.62. The van der Waals surface area contributed by atoms with Crippen LogP contribution in [-0.4, -0.2) is 33.0 Å². The second-order valence-electron chi connectivity index (χ2n) is 9.65. The predicted octanol–water partition coefficient (Wildman–Crippen LogP) is 3.89. The summed E-state index contributed by atoms with van der Waals surface area (Å²) in [6, 6.07) is 8.68. The molecule has 4 fully saturated rings. The molecule has 1 aromatic heterocycles. The summed E-state index contributed by atoms with van der Waals surface area (Å²) in [5.41, 5.74) is 1.83. The second-order valence-corrected chi connectivity index (χ2v) is 10.1. The van der Waals surface area contributed by atoms with E-state index in [1.165, 1.54) is 0 Å². The van der Waals surface area contributed by atoms with Gasteiger partial charge in [0.1, 0.15) is 5.69 Å². The Morgan fingerprint density at radius 1 is 1.13 bits per heavy atom. The smallest absolute Gasteiger partial charge is 0.268 e. The zero-order valence-electron chi connectivity index (χ0n) is 17.3. The number of aliphatic hydroxyl groups is 1. The Morgan fingerprint density at radius 3 is 2.37 bits per heavy atom. The molecule has 6 rings (SSSR count). The van der Waals surface area contributed by atoms with Crippen molar-refractivity contribution in [2.24, 2.45) is 24.8 Å². The van der Waals surface area contributed by atoms with Gasteiger partial charge in [-0.05, 0) is 92.7 Å². The van der Waals surface area contributed by atoms with Crippen molar-refractivity contribution >= 4 is 23.3 Å². The summed E-state index contributed by atoms with van der Waals surface area (Å²) in [4.78, 5) is 26.2. The first-order valence-electron chi connectivity index (χ1n) is 10.7. The SMILES string of the molecule is Cc1cc(C(=O)c2ccc(Cl)cc2)n(C)c1C(=O)NC1C2CC3CC1CC(O)(C3)C2. The van der Waals surface area contributed by atoms with Crippen molar-refractivity contribution in [3.63, 3.8) is 0 Å². The number of aryl methyl sites for hydroxylation is 1. The van der Waals surface area contributed by atoms with Crippen LogP contribution in [0, 0.1) is 24.7 Å². The number of benzene rings is 1. The van der Waals surface area contributed by atoms with Gasteiger partial charge in [0.15, 0.2) is 0 Å². The Morgan fingerprint density at radius 2 is 1.77 bits per heavy atom. The van der Waals surface area contributed by atoms with Gasteiger partial charge in [-0.15, -0.1) is 0 Å². The molecule has 6 heteroatoms. The molecule has 5 nitrogen and oxygen atoms in total. The summed E-state index contributed by atoms with van der Waals surface area (Å²) < 4.78 is 1.70. The summed E-state index contributed by atoms with van der Waals surface area (Å²) in [6.07, 6.45) is 4.69. The van der Waals surface area contributed by atoms with E-state index in [0.717, 1.165) is 37.7 Å². The van der Waals surface area contributed by atoms with Gasteiger partial charge in [0, 0.05) is 23.7 Å². The number of hydrogen-bond acceptors (Lipinski definition) is 3. The van der Waals surface area contributed by atoms with Crippen molar-refractivity contribution in [2.75, 3.05) is 0 Å². The van der Waals surface area contributed by atoms with Gasteiger partial charge in [0.2, 0.25) is 5.78 Å². The quantitative estimate of drug-likeness (QED) is 0.728. The minimum atomic E-state index is -0.517. The number of hydrogen-bond donors (Lipinski definition) is 2. The Bertz CT molecular complexity index is 1010. The van der Waals surface area contributed by atoms with Crippen LogP contribution in [0.25, 0.3) is 0 Å². The molecule has 2 unspecified atom stereocenters. The van der Waals surface area contributed by atoms with Gasteiger partial charge in [-0.3, -0.25) is 9.59 Å².